The van der Waals surface area contributed by atoms with Crippen molar-refractivity contribution in [3.63, 3.8) is 0 Å². The molecule has 0 aliphatic heterocycles. The molecule has 0 unspecified atom stereocenters. The van der Waals surface area contributed by atoms with Gasteiger partial charge in [0.05, 0.1) is 0 Å². The van der Waals surface area contributed by atoms with Crippen LogP contribution in [0.15, 0.2) is 18.2 Å². The zero-order chi connectivity index (χ0) is 20.3. The highest BCUT2D eigenvalue weighted by Gasteiger charge is 2.65. The van der Waals surface area contributed by atoms with Gasteiger partial charge >= 0.3 is 11.9 Å². The zero-order valence-corrected chi connectivity index (χ0v) is 16.5. The van der Waals surface area contributed by atoms with Crippen LogP contribution in [0.25, 0.3) is 0 Å². The van der Waals surface area contributed by atoms with Crippen LogP contribution in [0.2, 0.25) is 0 Å². The van der Waals surface area contributed by atoms with Gasteiger partial charge in [0, 0.05) is 32.1 Å². The van der Waals surface area contributed by atoms with Crippen molar-refractivity contribution >= 4 is 17.7 Å². The van der Waals surface area contributed by atoms with Crippen LogP contribution in [0, 0.1) is 17.3 Å². The summed E-state index contributed by atoms with van der Waals surface area (Å²) in [6.07, 6.45) is 2.23. The Morgan fingerprint density at radius 1 is 1.11 bits per heavy atom. The average Bonchev–Trinajstić information content (AvgIpc) is 2.89. The fourth-order valence-electron chi connectivity index (χ4n) is 5.93. The van der Waals surface area contributed by atoms with E-state index >= 15 is 0 Å². The normalized spacial score (nSPS) is 36.1. The van der Waals surface area contributed by atoms with Crippen LogP contribution in [0.1, 0.15) is 57.6 Å². The van der Waals surface area contributed by atoms with Gasteiger partial charge in [0.2, 0.25) is 0 Å². The third-order valence-corrected chi connectivity index (χ3v) is 7.09. The van der Waals surface area contributed by atoms with Crippen molar-refractivity contribution < 1.29 is 29.0 Å². The molecule has 0 saturated heterocycles. The van der Waals surface area contributed by atoms with Gasteiger partial charge in [-0.1, -0.05) is 13.0 Å². The summed E-state index contributed by atoms with van der Waals surface area (Å²) in [6.45, 7) is 4.64. The molecule has 0 heterocycles. The molecule has 1 N–H and O–H groups in total. The quantitative estimate of drug-likeness (QED) is 0.621. The molecule has 3 aliphatic carbocycles. The van der Waals surface area contributed by atoms with E-state index < -0.39 is 29.1 Å². The van der Waals surface area contributed by atoms with Crippen LogP contribution < -0.4 is 4.74 Å². The molecule has 2 saturated carbocycles. The second-order valence-corrected chi connectivity index (χ2v) is 8.67. The summed E-state index contributed by atoms with van der Waals surface area (Å²) in [5, 5.41) is 12.0. The molecule has 0 radical (unpaired) electrons. The average molecular weight is 386 g/mol. The Morgan fingerprint density at radius 3 is 2.50 bits per heavy atom. The topological polar surface area (TPSA) is 89.9 Å². The fourth-order valence-corrected chi connectivity index (χ4v) is 5.93. The molecule has 0 amide bonds. The summed E-state index contributed by atoms with van der Waals surface area (Å²) in [5.74, 6) is -0.315. The van der Waals surface area contributed by atoms with Crippen molar-refractivity contribution in [2.24, 2.45) is 17.3 Å². The second-order valence-electron chi connectivity index (χ2n) is 8.67. The first-order valence-corrected chi connectivity index (χ1v) is 9.91. The molecule has 150 valence electrons. The number of aryl methyl sites for hydroxylation is 1. The molecule has 1 aromatic carbocycles. The van der Waals surface area contributed by atoms with Crippen LogP contribution in [0.5, 0.6) is 5.75 Å². The maximum absolute atomic E-state index is 12.7. The Balaban J connectivity index is 1.81. The fraction of sp³-hybridized carbons (Fsp3) is 0.591. The SMILES string of the molecule is CC(=O)Oc1ccc2c(c1)CC[C@H]1[C@H]3CCC(=O)[C@]3(C)C[C@@H](OC(C)=O)[C@@]21O. The predicted octanol–water partition coefficient (Wildman–Crippen LogP) is 2.68. The highest BCUT2D eigenvalue weighted by molar-refractivity contribution is 5.87. The number of fused-ring (bicyclic) bond motifs is 5. The van der Waals surface area contributed by atoms with Gasteiger partial charge in [0.1, 0.15) is 23.2 Å². The molecule has 28 heavy (non-hydrogen) atoms. The Kier molecular flexibility index (Phi) is 4.38. The Morgan fingerprint density at radius 2 is 1.82 bits per heavy atom. The number of aliphatic hydroxyl groups is 1. The maximum atomic E-state index is 12.7. The van der Waals surface area contributed by atoms with Crippen LogP contribution in [0.4, 0.5) is 0 Å². The lowest BCUT2D eigenvalue weighted by atomic mass is 9.52. The number of Topliss-reactive ketones (excluding diaryl/α,β-unsaturated/α-hetero) is 1. The van der Waals surface area contributed by atoms with Crippen molar-refractivity contribution in [1.29, 1.82) is 0 Å². The van der Waals surface area contributed by atoms with Crippen molar-refractivity contribution in [1.82, 2.24) is 0 Å². The number of hydrogen-bond donors (Lipinski definition) is 1. The molecule has 5 atom stereocenters. The Hall–Kier alpha value is -2.21. The van der Waals surface area contributed by atoms with E-state index in [0.29, 0.717) is 37.0 Å². The van der Waals surface area contributed by atoms with E-state index in [4.69, 9.17) is 9.47 Å². The highest BCUT2D eigenvalue weighted by Crippen LogP contribution is 2.62. The molecule has 4 rings (SSSR count). The molecule has 2 fully saturated rings. The lowest BCUT2D eigenvalue weighted by Crippen LogP contribution is -2.60. The lowest BCUT2D eigenvalue weighted by molar-refractivity contribution is -0.214. The lowest BCUT2D eigenvalue weighted by Gasteiger charge is -2.56. The Labute approximate surface area is 164 Å². The number of esters is 2. The van der Waals surface area contributed by atoms with E-state index in [1.165, 1.54) is 13.8 Å². The highest BCUT2D eigenvalue weighted by atomic mass is 16.6. The van der Waals surface area contributed by atoms with Crippen LogP contribution in [-0.4, -0.2) is 28.9 Å². The minimum Gasteiger partial charge on any atom is -0.459 e. The first-order chi connectivity index (χ1) is 13.2. The van der Waals surface area contributed by atoms with Crippen molar-refractivity contribution in [2.75, 3.05) is 0 Å². The van der Waals surface area contributed by atoms with E-state index in [9.17, 15) is 19.5 Å². The summed E-state index contributed by atoms with van der Waals surface area (Å²) in [5.41, 5.74) is -0.301. The summed E-state index contributed by atoms with van der Waals surface area (Å²) in [4.78, 5) is 35.8. The smallest absolute Gasteiger partial charge is 0.308 e. The van der Waals surface area contributed by atoms with Gasteiger partial charge in [0.15, 0.2) is 0 Å². The molecule has 3 aliphatic rings. The zero-order valence-electron chi connectivity index (χ0n) is 16.5. The van der Waals surface area contributed by atoms with Crippen LogP contribution >= 0.6 is 0 Å². The van der Waals surface area contributed by atoms with E-state index in [1.54, 1.807) is 18.2 Å². The summed E-state index contributed by atoms with van der Waals surface area (Å²) < 4.78 is 10.8. The number of hydrogen-bond acceptors (Lipinski definition) is 6. The van der Waals surface area contributed by atoms with Gasteiger partial charge in [-0.2, -0.15) is 0 Å². The molecular weight excluding hydrogens is 360 g/mol. The first kappa shape index (κ1) is 19.1. The number of rotatable bonds is 2. The van der Waals surface area contributed by atoms with E-state index in [0.717, 1.165) is 12.0 Å². The number of carbonyl (C=O) groups excluding carboxylic acids is 3. The summed E-state index contributed by atoms with van der Waals surface area (Å²) in [7, 11) is 0. The monoisotopic (exact) mass is 386 g/mol. The second kappa shape index (κ2) is 6.41. The van der Waals surface area contributed by atoms with Gasteiger partial charge in [0.25, 0.3) is 0 Å². The van der Waals surface area contributed by atoms with Gasteiger partial charge in [-0.3, -0.25) is 14.4 Å². The molecule has 1 aromatic rings. The van der Waals surface area contributed by atoms with Gasteiger partial charge in [-0.15, -0.1) is 0 Å². The number of carbonyl (C=O) groups is 3. The molecule has 0 bridgehead atoms. The van der Waals surface area contributed by atoms with Crippen LogP contribution in [0.3, 0.4) is 0 Å². The Bertz CT molecular complexity index is 861. The van der Waals surface area contributed by atoms with Gasteiger partial charge in [-0.25, -0.2) is 0 Å². The summed E-state index contributed by atoms with van der Waals surface area (Å²) in [6, 6.07) is 5.22. The van der Waals surface area contributed by atoms with E-state index in [2.05, 4.69) is 0 Å². The van der Waals surface area contributed by atoms with Crippen LogP contribution in [-0.2, 0) is 31.1 Å². The molecule has 0 spiro atoms. The maximum Gasteiger partial charge on any atom is 0.308 e. The first-order valence-electron chi connectivity index (χ1n) is 9.91. The molecule has 6 heteroatoms. The molecular formula is C22H26O6. The molecule has 0 aromatic heterocycles. The van der Waals surface area contributed by atoms with Gasteiger partial charge < -0.3 is 14.6 Å². The van der Waals surface area contributed by atoms with Crippen molar-refractivity contribution in [3.05, 3.63) is 29.3 Å². The van der Waals surface area contributed by atoms with Crippen molar-refractivity contribution in [2.45, 2.75) is 64.6 Å². The van der Waals surface area contributed by atoms with Gasteiger partial charge in [-0.05, 0) is 54.4 Å². The largest absolute Gasteiger partial charge is 0.459 e. The summed E-state index contributed by atoms with van der Waals surface area (Å²) >= 11 is 0. The molecule has 6 nitrogen and oxygen atoms in total. The number of ketones is 1. The standard InChI is InChI=1S/C22H26O6/c1-12(23)27-15-5-7-16-14(10-15)4-6-18-17-8-9-19(25)21(17,3)11-20(22(16,18)26)28-13(2)24/h5,7,10,17-18,20,26H,4,6,8-9,11H2,1-3H3/t17-,18+,20-,21-,22-/m1/s1. The predicted molar refractivity (Wildman–Crippen MR) is 99.5 cm³/mol. The third-order valence-electron chi connectivity index (χ3n) is 7.09. The number of ether oxygens (including phenoxy) is 2. The minimum atomic E-state index is -1.34. The van der Waals surface area contributed by atoms with E-state index in [-0.39, 0.29) is 17.6 Å². The minimum absolute atomic E-state index is 0.0677. The van der Waals surface area contributed by atoms with Crippen molar-refractivity contribution in [3.8, 4) is 5.75 Å². The van der Waals surface area contributed by atoms with E-state index in [1.807, 2.05) is 6.92 Å². The number of benzene rings is 1. The third kappa shape index (κ3) is 2.69.